The first kappa shape index (κ1) is 35.3. The van der Waals surface area contributed by atoms with Gasteiger partial charge in [-0.1, -0.05) is 84.4 Å². The Labute approximate surface area is 292 Å². The number of anilines is 1. The number of hydrogen-bond acceptors (Lipinski definition) is 5. The van der Waals surface area contributed by atoms with Gasteiger partial charge in [0.1, 0.15) is 24.1 Å². The number of aryl methyl sites for hydroxylation is 1. The van der Waals surface area contributed by atoms with Gasteiger partial charge in [-0.15, -0.1) is 0 Å². The Morgan fingerprint density at radius 2 is 1.52 bits per heavy atom. The average Bonchev–Trinajstić information content (AvgIpc) is 3.08. The van der Waals surface area contributed by atoms with Gasteiger partial charge >= 0.3 is 0 Å². The van der Waals surface area contributed by atoms with Crippen LogP contribution in [0.3, 0.4) is 0 Å². The largest absolute Gasteiger partial charge is 0.457 e. The summed E-state index contributed by atoms with van der Waals surface area (Å²) in [5, 5.41) is 3.87. The topological polar surface area (TPSA) is 96.0 Å². The van der Waals surface area contributed by atoms with E-state index in [1.54, 1.807) is 61.5 Å². The summed E-state index contributed by atoms with van der Waals surface area (Å²) >= 11 is 12.7. The second-order valence-corrected chi connectivity index (χ2v) is 14.7. The molecule has 0 unspecified atom stereocenters. The minimum atomic E-state index is -4.23. The Bertz CT molecular complexity index is 1810. The van der Waals surface area contributed by atoms with Crippen LogP contribution < -0.4 is 14.4 Å². The van der Waals surface area contributed by atoms with Gasteiger partial charge in [0.05, 0.1) is 10.6 Å². The van der Waals surface area contributed by atoms with Gasteiger partial charge in [-0.05, 0) is 92.9 Å². The summed E-state index contributed by atoms with van der Waals surface area (Å²) in [4.78, 5) is 29.3. The zero-order valence-corrected chi connectivity index (χ0v) is 29.3. The predicted molar refractivity (Wildman–Crippen MR) is 190 cm³/mol. The second kappa shape index (κ2) is 15.9. The van der Waals surface area contributed by atoms with Crippen molar-refractivity contribution in [2.45, 2.75) is 69.5 Å². The van der Waals surface area contributed by atoms with Crippen molar-refractivity contribution in [1.29, 1.82) is 0 Å². The number of rotatable bonds is 12. The van der Waals surface area contributed by atoms with Crippen molar-refractivity contribution >= 4 is 50.7 Å². The van der Waals surface area contributed by atoms with E-state index in [1.807, 2.05) is 37.3 Å². The van der Waals surface area contributed by atoms with Crippen molar-refractivity contribution in [3.63, 3.8) is 0 Å². The lowest BCUT2D eigenvalue weighted by molar-refractivity contribution is -0.139. The molecule has 4 aromatic carbocycles. The molecule has 4 aromatic rings. The van der Waals surface area contributed by atoms with Crippen LogP contribution in [-0.2, 0) is 26.2 Å². The van der Waals surface area contributed by atoms with E-state index in [2.05, 4.69) is 5.32 Å². The Hall–Kier alpha value is -4.05. The Kier molecular flexibility index (Phi) is 11.7. The van der Waals surface area contributed by atoms with Crippen LogP contribution >= 0.6 is 23.2 Å². The summed E-state index contributed by atoms with van der Waals surface area (Å²) in [6, 6.07) is 26.2. The monoisotopic (exact) mass is 707 g/mol. The number of carbonyl (C=O) groups is 2. The van der Waals surface area contributed by atoms with Gasteiger partial charge in [-0.25, -0.2) is 8.42 Å². The smallest absolute Gasteiger partial charge is 0.264 e. The maximum atomic E-state index is 14.3. The Morgan fingerprint density at radius 3 is 2.17 bits per heavy atom. The molecule has 0 heterocycles. The molecule has 11 heteroatoms. The summed E-state index contributed by atoms with van der Waals surface area (Å²) in [5.74, 6) is 0.237. The van der Waals surface area contributed by atoms with Crippen LogP contribution in [0, 0.1) is 6.92 Å². The Morgan fingerprint density at radius 1 is 0.875 bits per heavy atom. The fourth-order valence-corrected chi connectivity index (χ4v) is 7.54. The number of carbonyl (C=O) groups excluding carboxylic acids is 2. The molecular formula is C37H39Cl2N3O5S. The highest BCUT2D eigenvalue weighted by Crippen LogP contribution is 2.30. The Balaban J connectivity index is 1.48. The van der Waals surface area contributed by atoms with Crippen molar-refractivity contribution in [2.24, 2.45) is 0 Å². The van der Waals surface area contributed by atoms with Crippen LogP contribution in [0.4, 0.5) is 5.69 Å². The number of amides is 2. The van der Waals surface area contributed by atoms with Gasteiger partial charge in [0, 0.05) is 22.6 Å². The molecule has 0 radical (unpaired) electrons. The van der Waals surface area contributed by atoms with E-state index in [-0.39, 0.29) is 29.1 Å². The number of hydrogen-bond donors (Lipinski definition) is 1. The second-order valence-electron chi connectivity index (χ2n) is 12.0. The van der Waals surface area contributed by atoms with Crippen LogP contribution in [0.15, 0.2) is 102 Å². The zero-order chi connectivity index (χ0) is 34.3. The molecule has 5 rings (SSSR count). The van der Waals surface area contributed by atoms with Crippen molar-refractivity contribution in [3.05, 3.63) is 118 Å². The molecule has 252 valence electrons. The van der Waals surface area contributed by atoms with Gasteiger partial charge in [0.25, 0.3) is 10.0 Å². The molecule has 1 atom stereocenters. The number of nitrogens with zero attached hydrogens (tertiary/aromatic N) is 2. The summed E-state index contributed by atoms with van der Waals surface area (Å²) in [6.45, 7) is 2.91. The van der Waals surface area contributed by atoms with Gasteiger partial charge in [0.15, 0.2) is 0 Å². The fraction of sp³-hybridized carbons (Fsp3) is 0.297. The number of para-hydroxylation sites is 1. The highest BCUT2D eigenvalue weighted by molar-refractivity contribution is 7.92. The first-order valence-electron chi connectivity index (χ1n) is 16.0. The first-order valence-corrected chi connectivity index (χ1v) is 18.2. The van der Waals surface area contributed by atoms with Crippen LogP contribution in [0.2, 0.25) is 10.0 Å². The third-order valence-electron chi connectivity index (χ3n) is 8.47. The van der Waals surface area contributed by atoms with Gasteiger partial charge in [0.2, 0.25) is 11.8 Å². The maximum Gasteiger partial charge on any atom is 0.264 e. The number of benzene rings is 4. The zero-order valence-electron chi connectivity index (χ0n) is 26.9. The quantitative estimate of drug-likeness (QED) is 0.160. The molecule has 2 amide bonds. The molecule has 0 spiro atoms. The van der Waals surface area contributed by atoms with E-state index >= 15 is 0 Å². The summed E-state index contributed by atoms with van der Waals surface area (Å²) < 4.78 is 35.4. The van der Waals surface area contributed by atoms with Crippen LogP contribution in [0.1, 0.15) is 50.2 Å². The van der Waals surface area contributed by atoms with E-state index in [9.17, 15) is 18.0 Å². The molecule has 1 aliphatic rings. The summed E-state index contributed by atoms with van der Waals surface area (Å²) in [5.41, 5.74) is 1.72. The molecule has 1 fully saturated rings. The molecular weight excluding hydrogens is 669 g/mol. The molecule has 1 N–H and O–H groups in total. The van der Waals surface area contributed by atoms with E-state index in [0.717, 1.165) is 42.0 Å². The number of ether oxygens (including phenoxy) is 1. The fourth-order valence-electron chi connectivity index (χ4n) is 5.66. The average molecular weight is 709 g/mol. The summed E-state index contributed by atoms with van der Waals surface area (Å²) in [7, 11) is -4.23. The predicted octanol–water partition coefficient (Wildman–Crippen LogP) is 8.16. The van der Waals surface area contributed by atoms with E-state index in [0.29, 0.717) is 27.1 Å². The van der Waals surface area contributed by atoms with Crippen LogP contribution in [-0.4, -0.2) is 43.8 Å². The highest BCUT2D eigenvalue weighted by atomic mass is 35.5. The standard InChI is InChI=1S/C37H39Cl2N3O5S/c1-26-13-21-34(22-14-26)48(45,46)42(31-17-19-33(20-18-31)47-32-11-7-4-8-12-32)25-36(43)41(24-28-15-16-29(38)23-35(28)39)27(2)37(44)40-30-9-5-3-6-10-30/h4,7-8,11-23,27,30H,3,5-6,9-10,24-25H2,1-2H3,(H,40,44)/t27-/m0/s1. The molecule has 0 aliphatic heterocycles. The van der Waals surface area contributed by atoms with Gasteiger partial charge in [-0.3, -0.25) is 13.9 Å². The van der Waals surface area contributed by atoms with Gasteiger partial charge in [-0.2, -0.15) is 0 Å². The maximum absolute atomic E-state index is 14.3. The lowest BCUT2D eigenvalue weighted by Crippen LogP contribution is -2.53. The van der Waals surface area contributed by atoms with E-state index in [4.69, 9.17) is 27.9 Å². The van der Waals surface area contributed by atoms with Crippen molar-refractivity contribution in [3.8, 4) is 11.5 Å². The van der Waals surface area contributed by atoms with Crippen molar-refractivity contribution < 1.29 is 22.7 Å². The van der Waals surface area contributed by atoms with Gasteiger partial charge < -0.3 is 15.0 Å². The lowest BCUT2D eigenvalue weighted by Gasteiger charge is -2.33. The van der Waals surface area contributed by atoms with Crippen LogP contribution in [0.25, 0.3) is 0 Å². The minimum absolute atomic E-state index is 0.0276. The molecule has 0 aromatic heterocycles. The summed E-state index contributed by atoms with van der Waals surface area (Å²) in [6.07, 6.45) is 4.95. The molecule has 0 saturated heterocycles. The minimum Gasteiger partial charge on any atom is -0.457 e. The molecule has 48 heavy (non-hydrogen) atoms. The number of nitrogens with one attached hydrogen (secondary N) is 1. The SMILES string of the molecule is Cc1ccc(S(=O)(=O)N(CC(=O)N(Cc2ccc(Cl)cc2Cl)[C@@H](C)C(=O)NC2CCCCC2)c2ccc(Oc3ccccc3)cc2)cc1. The third-order valence-corrected chi connectivity index (χ3v) is 10.8. The molecule has 0 bridgehead atoms. The normalized spacial score (nSPS) is 14.2. The van der Waals surface area contributed by atoms with Crippen LogP contribution in [0.5, 0.6) is 11.5 Å². The highest BCUT2D eigenvalue weighted by Gasteiger charge is 2.33. The molecule has 1 saturated carbocycles. The van der Waals surface area contributed by atoms with Crippen molar-refractivity contribution in [1.82, 2.24) is 10.2 Å². The van der Waals surface area contributed by atoms with E-state index < -0.39 is 28.5 Å². The van der Waals surface area contributed by atoms with Crippen molar-refractivity contribution in [2.75, 3.05) is 10.8 Å². The molecule has 8 nitrogen and oxygen atoms in total. The van der Waals surface area contributed by atoms with E-state index in [1.165, 1.54) is 17.0 Å². The number of halogens is 2. The third kappa shape index (κ3) is 8.89. The first-order chi connectivity index (χ1) is 23.0. The molecule has 1 aliphatic carbocycles. The lowest BCUT2D eigenvalue weighted by atomic mass is 9.95. The number of sulfonamides is 1.